The van der Waals surface area contributed by atoms with Crippen LogP contribution in [0.2, 0.25) is 0 Å². The number of aromatic nitrogens is 2. The van der Waals surface area contributed by atoms with Crippen molar-refractivity contribution in [3.8, 4) is 0 Å². The Morgan fingerprint density at radius 2 is 2.21 bits per heavy atom. The highest BCUT2D eigenvalue weighted by Crippen LogP contribution is 2.34. The molecule has 0 aromatic carbocycles. The number of aliphatic hydroxyl groups is 1. The van der Waals surface area contributed by atoms with Crippen LogP contribution in [-0.4, -0.2) is 20.5 Å². The van der Waals surface area contributed by atoms with Crippen molar-refractivity contribution in [1.82, 2.24) is 9.78 Å². The van der Waals surface area contributed by atoms with Gasteiger partial charge in [-0.1, -0.05) is 33.6 Å². The zero-order valence-corrected chi connectivity index (χ0v) is 12.6. The van der Waals surface area contributed by atoms with Gasteiger partial charge in [-0.25, -0.2) is 0 Å². The molecule has 19 heavy (non-hydrogen) atoms. The Hall–Kier alpha value is -0.830. The second-order valence-corrected chi connectivity index (χ2v) is 6.36. The lowest BCUT2D eigenvalue weighted by molar-refractivity contribution is -0.0132. The fourth-order valence-electron chi connectivity index (χ4n) is 3.47. The molecule has 0 aliphatic heterocycles. The quantitative estimate of drug-likeness (QED) is 0.880. The van der Waals surface area contributed by atoms with Gasteiger partial charge < -0.3 is 5.11 Å². The maximum absolute atomic E-state index is 10.7. The van der Waals surface area contributed by atoms with Gasteiger partial charge in [-0.3, -0.25) is 4.68 Å². The third-order valence-corrected chi connectivity index (χ3v) is 4.56. The van der Waals surface area contributed by atoms with Crippen molar-refractivity contribution >= 4 is 0 Å². The molecular formula is C16H28N2O. The van der Waals surface area contributed by atoms with E-state index >= 15 is 0 Å². The normalized spacial score (nSPS) is 27.9. The lowest BCUT2D eigenvalue weighted by atomic mass is 9.76. The van der Waals surface area contributed by atoms with E-state index in [0.717, 1.165) is 37.8 Å². The summed E-state index contributed by atoms with van der Waals surface area (Å²) in [6.07, 6.45) is 9.25. The summed E-state index contributed by atoms with van der Waals surface area (Å²) in [5.41, 5.74) is 0.522. The van der Waals surface area contributed by atoms with E-state index in [4.69, 9.17) is 0 Å². The predicted molar refractivity (Wildman–Crippen MR) is 78.1 cm³/mol. The van der Waals surface area contributed by atoms with Gasteiger partial charge >= 0.3 is 0 Å². The molecule has 2 atom stereocenters. The highest BCUT2D eigenvalue weighted by Gasteiger charge is 2.33. The maximum atomic E-state index is 10.7. The van der Waals surface area contributed by atoms with Crippen LogP contribution in [0, 0.1) is 5.92 Å². The Kier molecular flexibility index (Phi) is 4.67. The highest BCUT2D eigenvalue weighted by atomic mass is 16.3. The van der Waals surface area contributed by atoms with Crippen molar-refractivity contribution in [1.29, 1.82) is 0 Å². The first-order chi connectivity index (χ1) is 9.06. The molecule has 1 aliphatic rings. The van der Waals surface area contributed by atoms with E-state index in [1.54, 1.807) is 0 Å². The van der Waals surface area contributed by atoms with Gasteiger partial charge in [-0.15, -0.1) is 0 Å². The van der Waals surface area contributed by atoms with Gasteiger partial charge in [0.2, 0.25) is 0 Å². The minimum atomic E-state index is -0.523. The van der Waals surface area contributed by atoms with Crippen LogP contribution in [0.4, 0.5) is 0 Å². The molecule has 0 saturated heterocycles. The monoisotopic (exact) mass is 264 g/mol. The lowest BCUT2D eigenvalue weighted by Gasteiger charge is -2.35. The highest BCUT2D eigenvalue weighted by molar-refractivity contribution is 5.05. The standard InChI is InChI=1S/C16H28N2O/c1-4-15(5-2)18-10-8-14(17-18)12-16(19)9-6-7-13(3)11-16/h8,10,13,15,19H,4-7,9,11-12H2,1-3H3. The molecule has 0 amide bonds. The molecular weight excluding hydrogens is 236 g/mol. The Labute approximate surface area is 117 Å². The number of hydrogen-bond donors (Lipinski definition) is 1. The fourth-order valence-corrected chi connectivity index (χ4v) is 3.47. The van der Waals surface area contributed by atoms with Gasteiger partial charge in [0, 0.05) is 12.6 Å². The van der Waals surface area contributed by atoms with E-state index in [2.05, 4.69) is 42.8 Å². The first kappa shape index (κ1) is 14.6. The van der Waals surface area contributed by atoms with Gasteiger partial charge in [0.05, 0.1) is 17.3 Å². The molecule has 2 rings (SSSR count). The smallest absolute Gasteiger partial charge is 0.0706 e. The molecule has 1 N–H and O–H groups in total. The molecule has 108 valence electrons. The molecule has 0 radical (unpaired) electrons. The summed E-state index contributed by atoms with van der Waals surface area (Å²) >= 11 is 0. The van der Waals surface area contributed by atoms with Crippen LogP contribution in [0.3, 0.4) is 0 Å². The summed E-state index contributed by atoms with van der Waals surface area (Å²) in [6.45, 7) is 6.64. The van der Waals surface area contributed by atoms with E-state index in [1.165, 1.54) is 6.42 Å². The Morgan fingerprint density at radius 1 is 1.47 bits per heavy atom. The van der Waals surface area contributed by atoms with Crippen LogP contribution in [0.1, 0.15) is 71.0 Å². The van der Waals surface area contributed by atoms with Crippen molar-refractivity contribution in [2.45, 2.75) is 77.4 Å². The molecule has 1 saturated carbocycles. The average Bonchev–Trinajstić information content (AvgIpc) is 2.78. The lowest BCUT2D eigenvalue weighted by Crippen LogP contribution is -2.36. The zero-order valence-electron chi connectivity index (χ0n) is 12.6. The minimum absolute atomic E-state index is 0.494. The fraction of sp³-hybridized carbons (Fsp3) is 0.812. The molecule has 1 aromatic rings. The van der Waals surface area contributed by atoms with Gasteiger partial charge in [-0.2, -0.15) is 5.10 Å². The van der Waals surface area contributed by atoms with Crippen molar-refractivity contribution in [2.24, 2.45) is 5.92 Å². The minimum Gasteiger partial charge on any atom is -0.389 e. The SMILES string of the molecule is CCC(CC)n1ccc(CC2(O)CCCC(C)C2)n1. The van der Waals surface area contributed by atoms with Crippen LogP contribution in [0.15, 0.2) is 12.3 Å². The molecule has 1 aromatic heterocycles. The van der Waals surface area contributed by atoms with E-state index in [-0.39, 0.29) is 0 Å². The molecule has 1 heterocycles. The molecule has 1 fully saturated rings. The van der Waals surface area contributed by atoms with Crippen molar-refractivity contribution in [3.63, 3.8) is 0 Å². The summed E-state index contributed by atoms with van der Waals surface area (Å²) in [7, 11) is 0. The summed E-state index contributed by atoms with van der Waals surface area (Å²) in [6, 6.07) is 2.57. The van der Waals surface area contributed by atoms with E-state index in [1.807, 2.05) is 0 Å². The molecule has 3 heteroatoms. The second-order valence-electron chi connectivity index (χ2n) is 6.36. The second kappa shape index (κ2) is 6.08. The van der Waals surface area contributed by atoms with Crippen molar-refractivity contribution in [3.05, 3.63) is 18.0 Å². The van der Waals surface area contributed by atoms with Gasteiger partial charge in [-0.05, 0) is 37.7 Å². The largest absolute Gasteiger partial charge is 0.389 e. The summed E-state index contributed by atoms with van der Waals surface area (Å²) in [4.78, 5) is 0. The molecule has 2 unspecified atom stereocenters. The first-order valence-electron chi connectivity index (χ1n) is 7.82. The van der Waals surface area contributed by atoms with Gasteiger partial charge in [0.1, 0.15) is 0 Å². The average molecular weight is 264 g/mol. The molecule has 1 aliphatic carbocycles. The third-order valence-electron chi connectivity index (χ3n) is 4.56. The number of rotatable bonds is 5. The van der Waals surface area contributed by atoms with Crippen LogP contribution in [0.5, 0.6) is 0 Å². The third kappa shape index (κ3) is 3.59. The topological polar surface area (TPSA) is 38.0 Å². The van der Waals surface area contributed by atoms with Crippen molar-refractivity contribution in [2.75, 3.05) is 0 Å². The van der Waals surface area contributed by atoms with Gasteiger partial charge in [0.15, 0.2) is 0 Å². The zero-order chi connectivity index (χ0) is 13.9. The van der Waals surface area contributed by atoms with Crippen LogP contribution >= 0.6 is 0 Å². The van der Waals surface area contributed by atoms with Crippen LogP contribution in [-0.2, 0) is 6.42 Å². The van der Waals surface area contributed by atoms with Gasteiger partial charge in [0.25, 0.3) is 0 Å². The number of nitrogens with zero attached hydrogens (tertiary/aromatic N) is 2. The Balaban J connectivity index is 2.03. The van der Waals surface area contributed by atoms with E-state index in [9.17, 15) is 5.11 Å². The molecule has 0 bridgehead atoms. The Morgan fingerprint density at radius 3 is 2.84 bits per heavy atom. The summed E-state index contributed by atoms with van der Waals surface area (Å²) in [5.74, 6) is 0.639. The first-order valence-corrected chi connectivity index (χ1v) is 7.82. The van der Waals surface area contributed by atoms with E-state index < -0.39 is 5.60 Å². The van der Waals surface area contributed by atoms with Crippen LogP contribution in [0.25, 0.3) is 0 Å². The molecule has 3 nitrogen and oxygen atoms in total. The number of hydrogen-bond acceptors (Lipinski definition) is 2. The summed E-state index contributed by atoms with van der Waals surface area (Å²) < 4.78 is 2.07. The van der Waals surface area contributed by atoms with Crippen LogP contribution < -0.4 is 0 Å². The Bertz CT molecular complexity index is 397. The predicted octanol–water partition coefficient (Wildman–Crippen LogP) is 3.73. The van der Waals surface area contributed by atoms with E-state index in [0.29, 0.717) is 18.4 Å². The molecule has 0 spiro atoms. The maximum Gasteiger partial charge on any atom is 0.0706 e. The summed E-state index contributed by atoms with van der Waals surface area (Å²) in [5, 5.41) is 15.4. The van der Waals surface area contributed by atoms with Crippen molar-refractivity contribution < 1.29 is 5.11 Å².